The number of fused-ring (bicyclic) bond motifs is 1. The molecule has 1 spiro atoms. The zero-order valence-electron chi connectivity index (χ0n) is 18.4. The highest BCUT2D eigenvalue weighted by Crippen LogP contribution is 2.45. The summed E-state index contributed by atoms with van der Waals surface area (Å²) >= 11 is 0. The lowest BCUT2D eigenvalue weighted by atomic mass is 9.75. The average Bonchev–Trinajstić information content (AvgIpc) is 3.51. The second-order valence-electron chi connectivity index (χ2n) is 9.45. The SMILES string of the molecule is CCn1nc(C(=O)N2CCCC2)c2c1CCN(C(=O)C1CC(=O)OC13CCCCC3)C2. The summed E-state index contributed by atoms with van der Waals surface area (Å²) in [4.78, 5) is 42.7. The lowest BCUT2D eigenvalue weighted by molar-refractivity contribution is -0.156. The molecule has 1 saturated carbocycles. The van der Waals surface area contributed by atoms with Crippen molar-refractivity contribution in [3.8, 4) is 0 Å². The highest BCUT2D eigenvalue weighted by molar-refractivity contribution is 5.94. The highest BCUT2D eigenvalue weighted by Gasteiger charge is 2.54. The van der Waals surface area contributed by atoms with Gasteiger partial charge >= 0.3 is 5.97 Å². The second-order valence-corrected chi connectivity index (χ2v) is 9.45. The number of rotatable bonds is 3. The number of amides is 2. The Labute approximate surface area is 182 Å². The predicted octanol–water partition coefficient (Wildman–Crippen LogP) is 2.29. The fourth-order valence-corrected chi connectivity index (χ4v) is 6.01. The molecule has 2 amide bonds. The van der Waals surface area contributed by atoms with Crippen molar-refractivity contribution >= 4 is 17.8 Å². The molecule has 1 unspecified atom stereocenters. The Morgan fingerprint density at radius 3 is 2.52 bits per heavy atom. The number of carbonyl (C=O) groups excluding carboxylic acids is 3. The van der Waals surface area contributed by atoms with E-state index in [9.17, 15) is 14.4 Å². The van der Waals surface area contributed by atoms with Crippen LogP contribution < -0.4 is 0 Å². The summed E-state index contributed by atoms with van der Waals surface area (Å²) in [6.07, 6.45) is 7.61. The first-order valence-electron chi connectivity index (χ1n) is 11.9. The van der Waals surface area contributed by atoms with E-state index in [0.29, 0.717) is 31.7 Å². The molecule has 1 aromatic heterocycles. The molecule has 5 rings (SSSR count). The van der Waals surface area contributed by atoms with Gasteiger partial charge < -0.3 is 14.5 Å². The van der Waals surface area contributed by atoms with Gasteiger partial charge in [0.05, 0.1) is 12.3 Å². The fraction of sp³-hybridized carbons (Fsp3) is 0.739. The third-order valence-electron chi connectivity index (χ3n) is 7.66. The highest BCUT2D eigenvalue weighted by atomic mass is 16.6. The van der Waals surface area contributed by atoms with Crippen LogP contribution in [0.5, 0.6) is 0 Å². The van der Waals surface area contributed by atoms with Crippen LogP contribution in [-0.4, -0.2) is 62.6 Å². The van der Waals surface area contributed by atoms with Crippen molar-refractivity contribution in [3.05, 3.63) is 17.0 Å². The van der Waals surface area contributed by atoms with E-state index in [0.717, 1.165) is 69.3 Å². The smallest absolute Gasteiger partial charge is 0.307 e. The Morgan fingerprint density at radius 2 is 1.81 bits per heavy atom. The van der Waals surface area contributed by atoms with E-state index in [2.05, 4.69) is 5.10 Å². The van der Waals surface area contributed by atoms with Gasteiger partial charge in [-0.05, 0) is 45.4 Å². The van der Waals surface area contributed by atoms with Gasteiger partial charge in [-0.2, -0.15) is 5.10 Å². The maximum atomic E-state index is 13.6. The summed E-state index contributed by atoms with van der Waals surface area (Å²) in [7, 11) is 0. The van der Waals surface area contributed by atoms with E-state index in [1.807, 2.05) is 21.4 Å². The van der Waals surface area contributed by atoms with E-state index >= 15 is 0 Å². The Morgan fingerprint density at radius 1 is 1.06 bits per heavy atom. The largest absolute Gasteiger partial charge is 0.458 e. The van der Waals surface area contributed by atoms with E-state index < -0.39 is 11.5 Å². The van der Waals surface area contributed by atoms with Crippen LogP contribution in [0.3, 0.4) is 0 Å². The minimum Gasteiger partial charge on any atom is -0.458 e. The van der Waals surface area contributed by atoms with Gasteiger partial charge in [-0.25, -0.2) is 0 Å². The maximum Gasteiger partial charge on any atom is 0.307 e. The van der Waals surface area contributed by atoms with Crippen molar-refractivity contribution in [2.45, 2.75) is 83.4 Å². The van der Waals surface area contributed by atoms with Gasteiger partial charge in [0, 0.05) is 50.4 Å². The lowest BCUT2D eigenvalue weighted by Crippen LogP contribution is -2.48. The molecule has 4 aliphatic rings. The van der Waals surface area contributed by atoms with Gasteiger partial charge in [0.2, 0.25) is 5.91 Å². The van der Waals surface area contributed by atoms with Crippen molar-refractivity contribution in [2.75, 3.05) is 19.6 Å². The molecule has 31 heavy (non-hydrogen) atoms. The molecule has 168 valence electrons. The number of aromatic nitrogens is 2. The zero-order chi connectivity index (χ0) is 21.6. The van der Waals surface area contributed by atoms with E-state index in [4.69, 9.17) is 4.74 Å². The first-order valence-corrected chi connectivity index (χ1v) is 11.9. The third kappa shape index (κ3) is 3.44. The number of aryl methyl sites for hydroxylation is 1. The number of nitrogens with zero attached hydrogens (tertiary/aromatic N) is 4. The van der Waals surface area contributed by atoms with E-state index in [1.54, 1.807) is 0 Å². The van der Waals surface area contributed by atoms with Crippen LogP contribution in [0.1, 0.15) is 80.0 Å². The van der Waals surface area contributed by atoms with Gasteiger partial charge in [-0.1, -0.05) is 6.42 Å². The van der Waals surface area contributed by atoms with Crippen molar-refractivity contribution < 1.29 is 19.1 Å². The molecule has 8 heteroatoms. The number of hydrogen-bond acceptors (Lipinski definition) is 5. The molecule has 0 aromatic carbocycles. The van der Waals surface area contributed by atoms with Gasteiger partial charge in [-0.3, -0.25) is 19.1 Å². The zero-order valence-corrected chi connectivity index (χ0v) is 18.4. The van der Waals surface area contributed by atoms with Crippen molar-refractivity contribution in [3.63, 3.8) is 0 Å². The lowest BCUT2D eigenvalue weighted by Gasteiger charge is -2.39. The summed E-state index contributed by atoms with van der Waals surface area (Å²) in [5.74, 6) is -0.664. The Balaban J connectivity index is 1.41. The first kappa shape index (κ1) is 20.5. The molecule has 8 nitrogen and oxygen atoms in total. The van der Waals surface area contributed by atoms with Crippen molar-refractivity contribution in [1.29, 1.82) is 0 Å². The van der Waals surface area contributed by atoms with Gasteiger partial charge in [0.15, 0.2) is 5.69 Å². The third-order valence-corrected chi connectivity index (χ3v) is 7.66. The normalized spacial score (nSPS) is 25.1. The van der Waals surface area contributed by atoms with Crippen LogP contribution in [0.4, 0.5) is 0 Å². The van der Waals surface area contributed by atoms with Gasteiger partial charge in [0.25, 0.3) is 5.91 Å². The van der Waals surface area contributed by atoms with E-state index in [-0.39, 0.29) is 24.2 Å². The molecule has 4 heterocycles. The van der Waals surface area contributed by atoms with Crippen LogP contribution in [0, 0.1) is 5.92 Å². The van der Waals surface area contributed by atoms with Crippen LogP contribution in [-0.2, 0) is 33.8 Å². The van der Waals surface area contributed by atoms with Crippen LogP contribution >= 0.6 is 0 Å². The molecule has 2 saturated heterocycles. The summed E-state index contributed by atoms with van der Waals surface area (Å²) in [6, 6.07) is 0. The van der Waals surface area contributed by atoms with E-state index in [1.165, 1.54) is 0 Å². The summed E-state index contributed by atoms with van der Waals surface area (Å²) in [5.41, 5.74) is 1.85. The van der Waals surface area contributed by atoms with Crippen LogP contribution in [0.2, 0.25) is 0 Å². The van der Waals surface area contributed by atoms with Crippen LogP contribution in [0.25, 0.3) is 0 Å². The monoisotopic (exact) mass is 428 g/mol. The summed E-state index contributed by atoms with van der Waals surface area (Å²) in [5, 5.41) is 4.65. The molecule has 1 aromatic rings. The number of likely N-dealkylation sites (tertiary alicyclic amines) is 1. The van der Waals surface area contributed by atoms with Crippen molar-refractivity contribution in [1.82, 2.24) is 19.6 Å². The fourth-order valence-electron chi connectivity index (χ4n) is 6.01. The molecule has 0 N–H and O–H groups in total. The second kappa shape index (κ2) is 7.95. The number of carbonyl (C=O) groups is 3. The van der Waals surface area contributed by atoms with Gasteiger partial charge in [-0.15, -0.1) is 0 Å². The Bertz CT molecular complexity index is 896. The topological polar surface area (TPSA) is 84.7 Å². The minimum atomic E-state index is -0.617. The van der Waals surface area contributed by atoms with Gasteiger partial charge in [0.1, 0.15) is 5.60 Å². The summed E-state index contributed by atoms with van der Waals surface area (Å²) in [6.45, 7) is 5.28. The molecule has 1 atom stereocenters. The first-order chi connectivity index (χ1) is 15.0. The molecule has 0 bridgehead atoms. The Hall–Kier alpha value is -2.38. The number of esters is 1. The quantitative estimate of drug-likeness (QED) is 0.690. The van der Waals surface area contributed by atoms with Crippen LogP contribution in [0.15, 0.2) is 0 Å². The predicted molar refractivity (Wildman–Crippen MR) is 112 cm³/mol. The molecular formula is C23H32N4O4. The van der Waals surface area contributed by atoms with Crippen molar-refractivity contribution in [2.24, 2.45) is 5.92 Å². The molecular weight excluding hydrogens is 396 g/mol. The Kier molecular flexibility index (Phi) is 5.26. The average molecular weight is 429 g/mol. The molecule has 1 aliphatic carbocycles. The maximum absolute atomic E-state index is 13.6. The molecule has 3 fully saturated rings. The number of hydrogen-bond donors (Lipinski definition) is 0. The summed E-state index contributed by atoms with van der Waals surface area (Å²) < 4.78 is 7.69. The number of ether oxygens (including phenoxy) is 1. The standard InChI is InChI=1S/C23H32N4O4/c1-2-27-18-8-13-26(15-16(18)20(24-27)22(30)25-11-6-7-12-25)21(29)17-14-19(28)31-23(17)9-4-3-5-10-23/h17H,2-15H2,1H3. The molecule has 0 radical (unpaired) electrons. The minimum absolute atomic E-state index is 0.00206. The molecule has 3 aliphatic heterocycles.